The molecule has 86 valence electrons. The van der Waals surface area contributed by atoms with E-state index in [1.807, 2.05) is 24.3 Å². The monoisotopic (exact) mass is 240 g/mol. The number of hydrogen-bond donors (Lipinski definition) is 4. The van der Waals surface area contributed by atoms with Gasteiger partial charge >= 0.3 is 0 Å². The Morgan fingerprint density at radius 1 is 1.38 bits per heavy atom. The van der Waals surface area contributed by atoms with Gasteiger partial charge in [0.2, 0.25) is 0 Å². The van der Waals surface area contributed by atoms with Crippen molar-refractivity contribution in [2.75, 3.05) is 0 Å². The molecule has 0 saturated carbocycles. The lowest BCUT2D eigenvalue weighted by atomic mass is 10.0. The second kappa shape index (κ2) is 4.80. The summed E-state index contributed by atoms with van der Waals surface area (Å²) < 4.78 is 0. The second-order valence-electron chi connectivity index (χ2n) is 3.69. The van der Waals surface area contributed by atoms with Gasteiger partial charge in [-0.1, -0.05) is 23.7 Å². The summed E-state index contributed by atoms with van der Waals surface area (Å²) >= 11 is 5.80. The first-order valence-electron chi connectivity index (χ1n) is 4.97. The second-order valence-corrected chi connectivity index (χ2v) is 4.13. The van der Waals surface area contributed by atoms with Gasteiger partial charge in [0.1, 0.15) is 6.04 Å². The van der Waals surface area contributed by atoms with Crippen molar-refractivity contribution in [3.05, 3.63) is 34.9 Å². The first-order chi connectivity index (χ1) is 7.70. The topological polar surface area (TPSA) is 79.2 Å². The number of nitrogens with two attached hydrogens (primary N) is 1. The predicted octanol–water partition coefficient (Wildman–Crippen LogP) is 0.237. The lowest BCUT2D eigenvalue weighted by molar-refractivity contribution is -0.122. The van der Waals surface area contributed by atoms with Crippen molar-refractivity contribution in [1.82, 2.24) is 16.3 Å². The van der Waals surface area contributed by atoms with E-state index < -0.39 is 0 Å². The number of benzene rings is 1. The first kappa shape index (κ1) is 11.3. The maximum Gasteiger partial charge on any atom is 0.252 e. The molecule has 6 heteroatoms. The minimum atomic E-state index is -0.300. The molecule has 0 radical (unpaired) electrons. The lowest BCUT2D eigenvalue weighted by Crippen LogP contribution is -2.45. The molecule has 1 heterocycles. The van der Waals surface area contributed by atoms with Crippen LogP contribution in [-0.2, 0) is 4.79 Å². The summed E-state index contributed by atoms with van der Waals surface area (Å²) in [5, 5.41) is 0.700. The van der Waals surface area contributed by atoms with Crippen molar-refractivity contribution in [1.29, 1.82) is 0 Å². The van der Waals surface area contributed by atoms with Crippen molar-refractivity contribution in [2.24, 2.45) is 5.84 Å². The van der Waals surface area contributed by atoms with E-state index in [9.17, 15) is 4.79 Å². The molecule has 1 aliphatic rings. The Morgan fingerprint density at radius 2 is 2.06 bits per heavy atom. The molecule has 0 aliphatic carbocycles. The Morgan fingerprint density at radius 3 is 2.69 bits per heavy atom. The minimum absolute atomic E-state index is 0.0968. The van der Waals surface area contributed by atoms with Gasteiger partial charge in [0.05, 0.1) is 0 Å². The van der Waals surface area contributed by atoms with E-state index in [0.717, 1.165) is 5.56 Å². The van der Waals surface area contributed by atoms with Gasteiger partial charge in [0.15, 0.2) is 0 Å². The molecule has 0 aromatic heterocycles. The number of amides is 1. The molecule has 1 aliphatic heterocycles. The molecule has 1 aromatic rings. The van der Waals surface area contributed by atoms with Crippen molar-refractivity contribution in [3.63, 3.8) is 0 Å². The lowest BCUT2D eigenvalue weighted by Gasteiger charge is -2.09. The molecule has 0 spiro atoms. The summed E-state index contributed by atoms with van der Waals surface area (Å²) in [5.74, 6) is 4.85. The largest absolute Gasteiger partial charge is 0.293 e. The van der Waals surface area contributed by atoms with E-state index in [4.69, 9.17) is 17.4 Å². The molecule has 1 aromatic carbocycles. The van der Waals surface area contributed by atoms with Gasteiger partial charge in [-0.15, -0.1) is 0 Å². The molecular weight excluding hydrogens is 228 g/mol. The van der Waals surface area contributed by atoms with Crippen LogP contribution in [0.1, 0.15) is 18.0 Å². The first-order valence-corrected chi connectivity index (χ1v) is 5.35. The molecule has 2 unspecified atom stereocenters. The van der Waals surface area contributed by atoms with Crippen LogP contribution in [0.4, 0.5) is 0 Å². The van der Waals surface area contributed by atoms with Gasteiger partial charge < -0.3 is 0 Å². The highest BCUT2D eigenvalue weighted by Crippen LogP contribution is 2.23. The molecule has 1 amide bonds. The zero-order chi connectivity index (χ0) is 11.5. The highest BCUT2D eigenvalue weighted by Gasteiger charge is 2.29. The van der Waals surface area contributed by atoms with Crippen LogP contribution in [0.25, 0.3) is 0 Å². The van der Waals surface area contributed by atoms with Crippen molar-refractivity contribution < 1.29 is 4.79 Å². The maximum absolute atomic E-state index is 11.3. The number of hydrazine groups is 2. The smallest absolute Gasteiger partial charge is 0.252 e. The van der Waals surface area contributed by atoms with Crippen LogP contribution in [0.3, 0.4) is 0 Å². The van der Waals surface area contributed by atoms with Crippen LogP contribution < -0.4 is 22.1 Å². The summed E-state index contributed by atoms with van der Waals surface area (Å²) in [6.45, 7) is 0. The fraction of sp³-hybridized carbons (Fsp3) is 0.300. The summed E-state index contributed by atoms with van der Waals surface area (Å²) in [4.78, 5) is 11.3. The normalized spacial score (nSPS) is 24.4. The van der Waals surface area contributed by atoms with E-state index in [-0.39, 0.29) is 18.0 Å². The molecule has 1 fully saturated rings. The van der Waals surface area contributed by atoms with Crippen LogP contribution >= 0.6 is 11.6 Å². The van der Waals surface area contributed by atoms with Crippen LogP contribution in [0, 0.1) is 0 Å². The van der Waals surface area contributed by atoms with Crippen molar-refractivity contribution in [3.8, 4) is 0 Å². The van der Waals surface area contributed by atoms with Crippen molar-refractivity contribution in [2.45, 2.75) is 18.5 Å². The van der Waals surface area contributed by atoms with Gasteiger partial charge in [-0.3, -0.25) is 10.2 Å². The molecule has 5 N–H and O–H groups in total. The molecule has 2 rings (SSSR count). The zero-order valence-corrected chi connectivity index (χ0v) is 9.29. The fourth-order valence-corrected chi connectivity index (χ4v) is 1.87. The SMILES string of the molecule is NNC(=O)C1CC(c2ccc(Cl)cc2)NN1. The molecule has 16 heavy (non-hydrogen) atoms. The van der Waals surface area contributed by atoms with E-state index in [1.165, 1.54) is 0 Å². The number of carbonyl (C=O) groups is 1. The predicted molar refractivity (Wildman–Crippen MR) is 61.2 cm³/mol. The van der Waals surface area contributed by atoms with Gasteiger partial charge in [-0.25, -0.2) is 16.7 Å². The molecule has 1 saturated heterocycles. The summed E-state index contributed by atoms with van der Waals surface area (Å²) in [7, 11) is 0. The van der Waals surface area contributed by atoms with Crippen molar-refractivity contribution >= 4 is 17.5 Å². The number of carbonyl (C=O) groups excluding carboxylic acids is 1. The Bertz CT molecular complexity index is 381. The number of halogens is 1. The Balaban J connectivity index is 2.03. The molecule has 5 nitrogen and oxygen atoms in total. The summed E-state index contributed by atoms with van der Waals surface area (Å²) in [5.41, 5.74) is 9.16. The molecule has 0 bridgehead atoms. The van der Waals surface area contributed by atoms with Crippen LogP contribution in [0.2, 0.25) is 5.02 Å². The number of nitrogens with one attached hydrogen (secondary N) is 3. The third kappa shape index (κ3) is 2.33. The van der Waals surface area contributed by atoms with Gasteiger partial charge in [0, 0.05) is 11.1 Å². The average molecular weight is 241 g/mol. The van der Waals surface area contributed by atoms with E-state index in [2.05, 4.69) is 16.3 Å². The summed E-state index contributed by atoms with van der Waals surface area (Å²) in [6.07, 6.45) is 0.657. The van der Waals surface area contributed by atoms with Crippen LogP contribution in [-0.4, -0.2) is 11.9 Å². The summed E-state index contributed by atoms with van der Waals surface area (Å²) in [6, 6.07) is 7.32. The minimum Gasteiger partial charge on any atom is -0.293 e. The Kier molecular flexibility index (Phi) is 3.40. The number of hydrogen-bond acceptors (Lipinski definition) is 4. The Hall–Kier alpha value is -1.14. The van der Waals surface area contributed by atoms with E-state index in [0.29, 0.717) is 11.4 Å². The Labute approximate surface area is 98.3 Å². The van der Waals surface area contributed by atoms with Crippen LogP contribution in [0.5, 0.6) is 0 Å². The van der Waals surface area contributed by atoms with Gasteiger partial charge in [0.25, 0.3) is 5.91 Å². The fourth-order valence-electron chi connectivity index (χ4n) is 1.74. The maximum atomic E-state index is 11.3. The third-order valence-electron chi connectivity index (χ3n) is 2.63. The number of rotatable bonds is 2. The van der Waals surface area contributed by atoms with Gasteiger partial charge in [-0.2, -0.15) is 0 Å². The highest BCUT2D eigenvalue weighted by atomic mass is 35.5. The third-order valence-corrected chi connectivity index (χ3v) is 2.89. The van der Waals surface area contributed by atoms with E-state index >= 15 is 0 Å². The highest BCUT2D eigenvalue weighted by molar-refractivity contribution is 6.30. The van der Waals surface area contributed by atoms with Crippen LogP contribution in [0.15, 0.2) is 24.3 Å². The average Bonchev–Trinajstić information content (AvgIpc) is 2.78. The van der Waals surface area contributed by atoms with E-state index in [1.54, 1.807) is 0 Å². The van der Waals surface area contributed by atoms with Gasteiger partial charge in [-0.05, 0) is 24.1 Å². The standard InChI is InChI=1S/C10H13ClN4O/c11-7-3-1-6(2-4-7)8-5-9(15-14-8)10(16)13-12/h1-4,8-9,14-15H,5,12H2,(H,13,16). The zero-order valence-electron chi connectivity index (χ0n) is 8.53. The quantitative estimate of drug-likeness (QED) is 0.339. The molecular formula is C10H13ClN4O. The molecule has 2 atom stereocenters.